The Labute approximate surface area is 154 Å². The van der Waals surface area contributed by atoms with E-state index in [0.717, 1.165) is 29.7 Å². The SMILES string of the molecule is Cc1nn(CC(=O)Nc2sc3c(c2C#N)CC[C@@H](C)C3)c(C)c1[N+](=O)[O-]. The number of aromatic nitrogens is 2. The number of hydrogen-bond donors (Lipinski definition) is 1. The first-order valence-electron chi connectivity index (χ1n) is 8.34. The molecule has 0 saturated carbocycles. The molecule has 1 aliphatic carbocycles. The van der Waals surface area contributed by atoms with E-state index in [4.69, 9.17) is 0 Å². The third-order valence-corrected chi connectivity index (χ3v) is 5.87. The number of rotatable bonds is 4. The minimum atomic E-state index is -0.492. The molecule has 1 aliphatic rings. The maximum atomic E-state index is 12.4. The highest BCUT2D eigenvalue weighted by molar-refractivity contribution is 7.16. The standard InChI is InChI=1S/C17H19N5O3S/c1-9-4-5-12-13(7-18)17(26-14(12)6-9)19-15(23)8-21-11(3)16(22(24)25)10(2)20-21/h9H,4-6,8H2,1-3H3,(H,19,23)/t9-/m1/s1. The Morgan fingerprint density at radius 2 is 2.27 bits per heavy atom. The van der Waals surface area contributed by atoms with Crippen LogP contribution in [0.15, 0.2) is 0 Å². The van der Waals surface area contributed by atoms with Gasteiger partial charge in [-0.2, -0.15) is 10.4 Å². The molecule has 26 heavy (non-hydrogen) atoms. The van der Waals surface area contributed by atoms with E-state index < -0.39 is 4.92 Å². The van der Waals surface area contributed by atoms with Gasteiger partial charge in [0.05, 0.1) is 10.5 Å². The van der Waals surface area contributed by atoms with Crippen molar-refractivity contribution >= 4 is 27.9 Å². The Morgan fingerprint density at radius 1 is 1.54 bits per heavy atom. The number of hydrogen-bond acceptors (Lipinski definition) is 6. The van der Waals surface area contributed by atoms with Crippen LogP contribution in [0.25, 0.3) is 0 Å². The van der Waals surface area contributed by atoms with Crippen LogP contribution in [0.2, 0.25) is 0 Å². The zero-order chi connectivity index (χ0) is 19.0. The largest absolute Gasteiger partial charge is 0.315 e. The Kier molecular flexibility index (Phi) is 4.78. The van der Waals surface area contributed by atoms with E-state index >= 15 is 0 Å². The molecule has 0 aliphatic heterocycles. The smallest absolute Gasteiger partial charge is 0.312 e. The van der Waals surface area contributed by atoms with Gasteiger partial charge >= 0.3 is 5.69 Å². The molecule has 0 saturated heterocycles. The van der Waals surface area contributed by atoms with Crippen molar-refractivity contribution in [3.63, 3.8) is 0 Å². The summed E-state index contributed by atoms with van der Waals surface area (Å²) in [6.07, 6.45) is 2.82. The van der Waals surface area contributed by atoms with Gasteiger partial charge in [0.2, 0.25) is 5.91 Å². The molecular formula is C17H19N5O3S. The average molecular weight is 373 g/mol. The van der Waals surface area contributed by atoms with Gasteiger partial charge in [-0.3, -0.25) is 19.6 Å². The number of anilines is 1. The number of thiophene rings is 1. The number of nitrogens with one attached hydrogen (secondary N) is 1. The fourth-order valence-corrected chi connectivity index (χ4v) is 4.74. The summed E-state index contributed by atoms with van der Waals surface area (Å²) >= 11 is 1.45. The molecule has 8 nitrogen and oxygen atoms in total. The number of carbonyl (C=O) groups is 1. The maximum Gasteiger partial charge on any atom is 0.312 e. The Bertz CT molecular complexity index is 937. The second kappa shape index (κ2) is 6.88. The van der Waals surface area contributed by atoms with E-state index in [9.17, 15) is 20.2 Å². The van der Waals surface area contributed by atoms with Crippen molar-refractivity contribution in [2.45, 2.75) is 46.6 Å². The topological polar surface area (TPSA) is 114 Å². The highest BCUT2D eigenvalue weighted by Crippen LogP contribution is 2.39. The Balaban J connectivity index is 1.81. The molecule has 2 heterocycles. The molecule has 136 valence electrons. The predicted molar refractivity (Wildman–Crippen MR) is 97.2 cm³/mol. The van der Waals surface area contributed by atoms with E-state index in [0.29, 0.717) is 22.2 Å². The van der Waals surface area contributed by atoms with Crippen molar-refractivity contribution in [2.24, 2.45) is 5.92 Å². The monoisotopic (exact) mass is 373 g/mol. The van der Waals surface area contributed by atoms with Crippen molar-refractivity contribution in [1.29, 1.82) is 5.26 Å². The number of nitriles is 1. The molecule has 0 spiro atoms. The molecule has 3 rings (SSSR count). The van der Waals surface area contributed by atoms with Crippen LogP contribution in [0.4, 0.5) is 10.7 Å². The van der Waals surface area contributed by atoms with Gasteiger partial charge in [0.15, 0.2) is 0 Å². The summed E-state index contributed by atoms with van der Waals surface area (Å²) in [5, 5.41) is 28.0. The summed E-state index contributed by atoms with van der Waals surface area (Å²) in [6.45, 7) is 5.16. The van der Waals surface area contributed by atoms with Gasteiger partial charge in [-0.05, 0) is 44.6 Å². The normalized spacial score (nSPS) is 16.0. The van der Waals surface area contributed by atoms with Gasteiger partial charge in [-0.25, -0.2) is 0 Å². The second-order valence-corrected chi connectivity index (χ2v) is 7.76. The van der Waals surface area contributed by atoms with Crippen LogP contribution in [-0.4, -0.2) is 20.6 Å². The summed E-state index contributed by atoms with van der Waals surface area (Å²) in [5.74, 6) is 0.222. The lowest BCUT2D eigenvalue weighted by Gasteiger charge is -2.17. The molecule has 9 heteroatoms. The minimum Gasteiger partial charge on any atom is -0.315 e. The number of carbonyl (C=O) groups excluding carboxylic acids is 1. The lowest BCUT2D eigenvalue weighted by molar-refractivity contribution is -0.386. The van der Waals surface area contributed by atoms with Crippen molar-refractivity contribution in [2.75, 3.05) is 5.32 Å². The molecule has 2 aromatic rings. The van der Waals surface area contributed by atoms with Crippen LogP contribution in [0.1, 0.15) is 40.7 Å². The van der Waals surface area contributed by atoms with Crippen LogP contribution < -0.4 is 5.32 Å². The van der Waals surface area contributed by atoms with Gasteiger partial charge in [0, 0.05) is 4.88 Å². The molecule has 1 N–H and O–H groups in total. The molecule has 0 aromatic carbocycles. The zero-order valence-electron chi connectivity index (χ0n) is 14.8. The van der Waals surface area contributed by atoms with Crippen LogP contribution in [0.5, 0.6) is 0 Å². The van der Waals surface area contributed by atoms with Gasteiger partial charge in [-0.15, -0.1) is 11.3 Å². The van der Waals surface area contributed by atoms with Crippen molar-refractivity contribution in [3.05, 3.63) is 37.5 Å². The second-order valence-electron chi connectivity index (χ2n) is 6.65. The number of aryl methyl sites for hydroxylation is 1. The van der Waals surface area contributed by atoms with E-state index in [2.05, 4.69) is 23.4 Å². The molecule has 0 unspecified atom stereocenters. The number of amides is 1. The summed E-state index contributed by atoms with van der Waals surface area (Å²) in [4.78, 5) is 24.2. The van der Waals surface area contributed by atoms with Gasteiger partial charge in [0.25, 0.3) is 0 Å². The number of fused-ring (bicyclic) bond motifs is 1. The van der Waals surface area contributed by atoms with E-state index in [1.165, 1.54) is 16.0 Å². The predicted octanol–water partition coefficient (Wildman–Crippen LogP) is 3.10. The van der Waals surface area contributed by atoms with Crippen LogP contribution in [0.3, 0.4) is 0 Å². The maximum absolute atomic E-state index is 12.4. The molecule has 0 bridgehead atoms. The minimum absolute atomic E-state index is 0.0731. The fraction of sp³-hybridized carbons (Fsp3) is 0.471. The number of nitro groups is 1. The lowest BCUT2D eigenvalue weighted by Crippen LogP contribution is -2.20. The number of nitrogens with zero attached hydrogens (tertiary/aromatic N) is 4. The first-order valence-corrected chi connectivity index (χ1v) is 9.16. The van der Waals surface area contributed by atoms with Crippen LogP contribution >= 0.6 is 11.3 Å². The lowest BCUT2D eigenvalue weighted by atomic mass is 9.89. The third kappa shape index (κ3) is 3.20. The molecule has 1 atom stereocenters. The first kappa shape index (κ1) is 18.1. The molecular weight excluding hydrogens is 354 g/mol. The Hall–Kier alpha value is -2.73. The van der Waals surface area contributed by atoms with Crippen LogP contribution in [0, 0.1) is 41.2 Å². The summed E-state index contributed by atoms with van der Waals surface area (Å²) < 4.78 is 1.32. The van der Waals surface area contributed by atoms with Gasteiger partial charge in [0.1, 0.15) is 29.0 Å². The third-order valence-electron chi connectivity index (χ3n) is 4.70. The molecule has 2 aromatic heterocycles. The first-order chi connectivity index (χ1) is 12.3. The summed E-state index contributed by atoms with van der Waals surface area (Å²) in [5.41, 5.74) is 2.13. The Morgan fingerprint density at radius 3 is 2.88 bits per heavy atom. The van der Waals surface area contributed by atoms with E-state index in [1.54, 1.807) is 13.8 Å². The summed E-state index contributed by atoms with van der Waals surface area (Å²) in [6, 6.07) is 2.21. The quantitative estimate of drug-likeness (QED) is 0.653. The van der Waals surface area contributed by atoms with E-state index in [-0.39, 0.29) is 23.8 Å². The molecule has 0 fully saturated rings. The van der Waals surface area contributed by atoms with Gasteiger partial charge < -0.3 is 5.32 Å². The highest BCUT2D eigenvalue weighted by Gasteiger charge is 2.26. The summed E-state index contributed by atoms with van der Waals surface area (Å²) in [7, 11) is 0. The van der Waals surface area contributed by atoms with Gasteiger partial charge in [-0.1, -0.05) is 6.92 Å². The zero-order valence-corrected chi connectivity index (χ0v) is 15.6. The van der Waals surface area contributed by atoms with Crippen molar-refractivity contribution in [1.82, 2.24) is 9.78 Å². The average Bonchev–Trinajstić information content (AvgIpc) is 3.03. The highest BCUT2D eigenvalue weighted by atomic mass is 32.1. The molecule has 1 amide bonds. The van der Waals surface area contributed by atoms with Crippen molar-refractivity contribution < 1.29 is 9.72 Å². The van der Waals surface area contributed by atoms with Crippen LogP contribution in [-0.2, 0) is 24.2 Å². The fourth-order valence-electron chi connectivity index (χ4n) is 3.36. The molecule has 0 radical (unpaired) electrons. The van der Waals surface area contributed by atoms with E-state index in [1.807, 2.05) is 0 Å². The van der Waals surface area contributed by atoms with Crippen molar-refractivity contribution in [3.8, 4) is 6.07 Å².